The first-order valence-electron chi connectivity index (χ1n) is 8.86. The number of ether oxygens (including phenoxy) is 1. The van der Waals surface area contributed by atoms with Gasteiger partial charge in [0, 0.05) is 17.3 Å². The minimum absolute atomic E-state index is 0.538. The Kier molecular flexibility index (Phi) is 4.81. The fraction of sp³-hybridized carbons (Fsp3) is 0.0417. The lowest BCUT2D eigenvalue weighted by atomic mass is 9.95. The van der Waals surface area contributed by atoms with Gasteiger partial charge in [0.2, 0.25) is 0 Å². The van der Waals surface area contributed by atoms with Gasteiger partial charge in [0.25, 0.3) is 0 Å². The number of methoxy groups -OCH3 is 1. The van der Waals surface area contributed by atoms with E-state index >= 15 is 0 Å². The molecule has 0 saturated heterocycles. The highest BCUT2D eigenvalue weighted by atomic mass is 16.5. The Bertz CT molecular complexity index is 1130. The molecule has 0 spiro atoms. The molecule has 0 aliphatic carbocycles. The summed E-state index contributed by atoms with van der Waals surface area (Å²) in [6, 6.07) is 27.4. The Morgan fingerprint density at radius 1 is 0.821 bits per heavy atom. The van der Waals surface area contributed by atoms with Gasteiger partial charge in [-0.1, -0.05) is 48.5 Å². The fourth-order valence-electron chi connectivity index (χ4n) is 3.11. The molecule has 0 bridgehead atoms. The smallest absolute Gasteiger partial charge is 0.118 e. The van der Waals surface area contributed by atoms with Gasteiger partial charge in [-0.2, -0.15) is 5.26 Å². The summed E-state index contributed by atoms with van der Waals surface area (Å²) in [4.78, 5) is 9.23. The normalized spacial score (nSPS) is 10.3. The van der Waals surface area contributed by atoms with E-state index in [9.17, 15) is 5.26 Å². The standard InChI is InChI=1S/C24H17N3O/c1-28-19-12-10-17(11-13-19)20-15-23(22-9-5-6-14-26-22)27-24(21(20)16-25)18-7-3-2-4-8-18/h2-15H,1H3. The number of hydrogen-bond acceptors (Lipinski definition) is 4. The van der Waals surface area contributed by atoms with Gasteiger partial charge in [-0.25, -0.2) is 4.98 Å². The van der Waals surface area contributed by atoms with Gasteiger partial charge in [-0.05, 0) is 35.9 Å². The summed E-state index contributed by atoms with van der Waals surface area (Å²) < 4.78 is 5.26. The van der Waals surface area contributed by atoms with Gasteiger partial charge in [0.05, 0.1) is 29.8 Å². The van der Waals surface area contributed by atoms with E-state index in [4.69, 9.17) is 9.72 Å². The van der Waals surface area contributed by atoms with Crippen molar-refractivity contribution in [1.82, 2.24) is 9.97 Å². The van der Waals surface area contributed by atoms with E-state index in [1.807, 2.05) is 78.9 Å². The molecule has 0 amide bonds. The van der Waals surface area contributed by atoms with Crippen LogP contribution in [0.25, 0.3) is 33.8 Å². The number of aromatic nitrogens is 2. The molecular weight excluding hydrogens is 346 g/mol. The third kappa shape index (κ3) is 3.34. The Hall–Kier alpha value is -3.97. The predicted molar refractivity (Wildman–Crippen MR) is 110 cm³/mol. The van der Waals surface area contributed by atoms with E-state index < -0.39 is 0 Å². The Labute approximate surface area is 163 Å². The minimum atomic E-state index is 0.538. The van der Waals surface area contributed by atoms with Crippen LogP contribution >= 0.6 is 0 Å². The van der Waals surface area contributed by atoms with Crippen LogP contribution in [0.5, 0.6) is 5.75 Å². The molecule has 0 aliphatic rings. The van der Waals surface area contributed by atoms with E-state index in [1.54, 1.807) is 13.3 Å². The van der Waals surface area contributed by atoms with Crippen LogP contribution < -0.4 is 4.74 Å². The summed E-state index contributed by atoms with van der Waals surface area (Å²) in [6.07, 6.45) is 1.74. The molecule has 2 heterocycles. The maximum absolute atomic E-state index is 9.95. The quantitative estimate of drug-likeness (QED) is 0.490. The molecule has 0 fully saturated rings. The zero-order chi connectivity index (χ0) is 19.3. The molecule has 4 nitrogen and oxygen atoms in total. The van der Waals surface area contributed by atoms with Crippen LogP contribution in [0.2, 0.25) is 0 Å². The molecule has 0 aliphatic heterocycles. The first kappa shape index (κ1) is 17.4. The van der Waals surface area contributed by atoms with Gasteiger partial charge in [0.15, 0.2) is 0 Å². The molecule has 0 radical (unpaired) electrons. The van der Waals surface area contributed by atoms with E-state index in [0.29, 0.717) is 11.3 Å². The zero-order valence-corrected chi connectivity index (χ0v) is 15.3. The van der Waals surface area contributed by atoms with Crippen molar-refractivity contribution in [2.45, 2.75) is 0 Å². The second-order valence-electron chi connectivity index (χ2n) is 6.20. The summed E-state index contributed by atoms with van der Waals surface area (Å²) in [5.41, 5.74) is 5.32. The Morgan fingerprint density at radius 3 is 2.21 bits per heavy atom. The highest BCUT2D eigenvalue weighted by Crippen LogP contribution is 2.34. The van der Waals surface area contributed by atoms with Gasteiger partial charge in [0.1, 0.15) is 11.8 Å². The van der Waals surface area contributed by atoms with Crippen LogP contribution in [-0.4, -0.2) is 17.1 Å². The summed E-state index contributed by atoms with van der Waals surface area (Å²) in [5.74, 6) is 0.768. The van der Waals surface area contributed by atoms with Crippen molar-refractivity contribution >= 4 is 0 Å². The maximum atomic E-state index is 9.95. The number of benzene rings is 2. The van der Waals surface area contributed by atoms with Crippen LogP contribution in [0.15, 0.2) is 85.1 Å². The number of pyridine rings is 2. The maximum Gasteiger partial charge on any atom is 0.118 e. The van der Waals surface area contributed by atoms with E-state index in [0.717, 1.165) is 33.8 Å². The van der Waals surface area contributed by atoms with Crippen molar-refractivity contribution in [3.63, 3.8) is 0 Å². The van der Waals surface area contributed by atoms with Gasteiger partial charge in [-0.15, -0.1) is 0 Å². The summed E-state index contributed by atoms with van der Waals surface area (Å²) in [7, 11) is 1.63. The van der Waals surface area contributed by atoms with E-state index in [1.165, 1.54) is 0 Å². The summed E-state index contributed by atoms with van der Waals surface area (Å²) >= 11 is 0. The summed E-state index contributed by atoms with van der Waals surface area (Å²) in [6.45, 7) is 0. The zero-order valence-electron chi connectivity index (χ0n) is 15.3. The first-order valence-corrected chi connectivity index (χ1v) is 8.86. The topological polar surface area (TPSA) is 58.8 Å². The molecule has 0 atom stereocenters. The largest absolute Gasteiger partial charge is 0.497 e. The molecule has 28 heavy (non-hydrogen) atoms. The molecular formula is C24H17N3O. The monoisotopic (exact) mass is 363 g/mol. The molecule has 2 aromatic heterocycles. The number of nitrogens with zero attached hydrogens (tertiary/aromatic N) is 3. The fourth-order valence-corrected chi connectivity index (χ4v) is 3.11. The van der Waals surface area contributed by atoms with Crippen molar-refractivity contribution in [2.75, 3.05) is 7.11 Å². The molecule has 4 rings (SSSR count). The van der Waals surface area contributed by atoms with Gasteiger partial charge >= 0.3 is 0 Å². The van der Waals surface area contributed by atoms with Crippen molar-refractivity contribution in [1.29, 1.82) is 5.26 Å². The second-order valence-corrected chi connectivity index (χ2v) is 6.20. The van der Waals surface area contributed by atoms with Crippen LogP contribution in [0.3, 0.4) is 0 Å². The van der Waals surface area contributed by atoms with Gasteiger partial charge in [-0.3, -0.25) is 4.98 Å². The van der Waals surface area contributed by atoms with Crippen LogP contribution in [-0.2, 0) is 0 Å². The molecule has 2 aromatic carbocycles. The molecule has 4 aromatic rings. The molecule has 0 unspecified atom stereocenters. The average Bonchev–Trinajstić information content (AvgIpc) is 2.79. The van der Waals surface area contributed by atoms with Crippen molar-refractivity contribution in [3.8, 4) is 45.6 Å². The van der Waals surface area contributed by atoms with Crippen molar-refractivity contribution in [2.24, 2.45) is 0 Å². The highest BCUT2D eigenvalue weighted by Gasteiger charge is 2.17. The van der Waals surface area contributed by atoms with Crippen LogP contribution in [0, 0.1) is 11.3 Å². The van der Waals surface area contributed by atoms with Crippen molar-refractivity contribution in [3.05, 3.63) is 90.6 Å². The lowest BCUT2D eigenvalue weighted by Gasteiger charge is -2.13. The Morgan fingerprint density at radius 2 is 1.57 bits per heavy atom. The van der Waals surface area contributed by atoms with E-state index in [-0.39, 0.29) is 0 Å². The lowest BCUT2D eigenvalue weighted by Crippen LogP contribution is -1.97. The van der Waals surface area contributed by atoms with Crippen LogP contribution in [0.4, 0.5) is 0 Å². The second kappa shape index (κ2) is 7.73. The molecule has 0 saturated carbocycles. The minimum Gasteiger partial charge on any atom is -0.497 e. The number of nitriles is 1. The van der Waals surface area contributed by atoms with Gasteiger partial charge < -0.3 is 4.74 Å². The Balaban J connectivity index is 1.99. The molecule has 134 valence electrons. The third-order valence-corrected chi connectivity index (χ3v) is 4.51. The number of hydrogen-bond donors (Lipinski definition) is 0. The van der Waals surface area contributed by atoms with E-state index in [2.05, 4.69) is 11.1 Å². The highest BCUT2D eigenvalue weighted by molar-refractivity contribution is 5.83. The summed E-state index contributed by atoms with van der Waals surface area (Å²) in [5, 5.41) is 9.95. The third-order valence-electron chi connectivity index (χ3n) is 4.51. The molecule has 4 heteroatoms. The molecule has 0 N–H and O–H groups in total. The lowest BCUT2D eigenvalue weighted by molar-refractivity contribution is 0.415. The van der Waals surface area contributed by atoms with Crippen LogP contribution in [0.1, 0.15) is 5.56 Å². The first-order chi connectivity index (χ1) is 13.8. The van der Waals surface area contributed by atoms with Crippen molar-refractivity contribution < 1.29 is 4.74 Å². The predicted octanol–water partition coefficient (Wildman–Crippen LogP) is 5.36. The SMILES string of the molecule is COc1ccc(-c2cc(-c3ccccn3)nc(-c3ccccc3)c2C#N)cc1. The number of rotatable bonds is 4. The average molecular weight is 363 g/mol.